The van der Waals surface area contributed by atoms with Crippen LogP contribution in [0.4, 0.5) is 0 Å². The molecule has 0 bridgehead atoms. The number of nitrogens with zero attached hydrogens (tertiary/aromatic N) is 3. The lowest BCUT2D eigenvalue weighted by atomic mass is 9.77. The number of benzene rings is 7. The number of hydrogen-bond acceptors (Lipinski definition) is 2. The quantitative estimate of drug-likeness (QED) is 0.128. The Balaban J connectivity index is 0.749. The second kappa shape index (κ2) is 14.5. The number of fused-ring (bicyclic) bond motifs is 12. The third-order valence-corrected chi connectivity index (χ3v) is 15.2. The van der Waals surface area contributed by atoms with E-state index in [0.717, 1.165) is 58.7 Å². The van der Waals surface area contributed by atoms with Gasteiger partial charge in [-0.1, -0.05) is 160 Å². The summed E-state index contributed by atoms with van der Waals surface area (Å²) in [5, 5.41) is 7.46. The molecule has 0 aliphatic heterocycles. The average Bonchev–Trinajstić information content (AvgIpc) is 3.81. The van der Waals surface area contributed by atoms with E-state index < -0.39 is 0 Å². The largest absolute Gasteiger partial charge is 0.337 e. The first-order valence-electron chi connectivity index (χ1n) is 23.3. The lowest BCUT2D eigenvalue weighted by Gasteiger charge is -2.27. The van der Waals surface area contributed by atoms with E-state index in [1.807, 2.05) is 6.20 Å². The van der Waals surface area contributed by atoms with Crippen LogP contribution in [0.15, 0.2) is 182 Å². The van der Waals surface area contributed by atoms with Crippen LogP contribution in [0.25, 0.3) is 87.9 Å². The molecule has 13 rings (SSSR count). The minimum Gasteiger partial charge on any atom is -0.337 e. The second-order valence-corrected chi connectivity index (χ2v) is 19.1. The van der Waals surface area contributed by atoms with Gasteiger partial charge in [-0.15, -0.1) is 0 Å². The van der Waals surface area contributed by atoms with E-state index in [0.29, 0.717) is 17.9 Å². The highest BCUT2D eigenvalue weighted by Gasteiger charge is 2.36. The molecule has 3 nitrogen and oxygen atoms in total. The van der Waals surface area contributed by atoms with Crippen LogP contribution in [0.2, 0.25) is 0 Å². The first kappa shape index (κ1) is 37.5. The molecule has 2 heterocycles. The van der Waals surface area contributed by atoms with Crippen molar-refractivity contribution in [2.75, 3.05) is 0 Å². The highest BCUT2D eigenvalue weighted by atomic mass is 15.0. The van der Waals surface area contributed by atoms with Gasteiger partial charge in [-0.2, -0.15) is 0 Å². The maximum atomic E-state index is 5.33. The van der Waals surface area contributed by atoms with E-state index in [9.17, 15) is 0 Å². The van der Waals surface area contributed by atoms with Crippen molar-refractivity contribution in [2.24, 2.45) is 11.8 Å². The molecule has 2 aromatic heterocycles. The molecule has 3 atom stereocenters. The first-order valence-corrected chi connectivity index (χ1v) is 23.3. The van der Waals surface area contributed by atoms with Crippen LogP contribution in [0.5, 0.6) is 0 Å². The molecule has 0 fully saturated rings. The van der Waals surface area contributed by atoms with E-state index in [1.54, 1.807) is 0 Å². The van der Waals surface area contributed by atoms with Gasteiger partial charge < -0.3 is 4.57 Å². The van der Waals surface area contributed by atoms with Gasteiger partial charge >= 0.3 is 0 Å². The first-order chi connectivity index (χ1) is 31.5. The van der Waals surface area contributed by atoms with Gasteiger partial charge in [0.1, 0.15) is 0 Å². The third kappa shape index (κ3) is 5.80. The fourth-order valence-electron chi connectivity index (χ4n) is 11.8. The van der Waals surface area contributed by atoms with Crippen LogP contribution >= 0.6 is 0 Å². The molecule has 308 valence electrons. The molecule has 4 aliphatic rings. The SMILES string of the molecule is CC1(C)c2cc(C3=CCC(C4C=CC=C(c5ccc6c(c5)c5ccccc5n6C5CC=CCC5)C4)C=C3)ccc2-c2ccc(-c3cnc4c5ccccc5c5ccccc5c4n3)cc21. The molecule has 64 heavy (non-hydrogen) atoms. The van der Waals surface area contributed by atoms with Crippen molar-refractivity contribution in [3.8, 4) is 22.4 Å². The monoisotopic (exact) mass is 823 g/mol. The standard InChI is InChI=1S/C61H49N3/c1-61(2)54-35-43(27-30-48(54)49-31-28-44(36-55(49)61)56-37-62-59-51-20-8-6-17-46(51)47-18-7-9-21-52(47)60(59)63-56)39-25-23-38(24-26-39)40-13-12-14-41(33-40)42-29-32-58-53(34-42)50-19-10-11-22-57(50)64(58)45-15-4-3-5-16-45/h3-4,6-14,17-23,25-32,34-38,40,45H,5,15-16,24,33H2,1-2H3. The predicted octanol–water partition coefficient (Wildman–Crippen LogP) is 15.9. The summed E-state index contributed by atoms with van der Waals surface area (Å²) in [5.74, 6) is 0.935. The zero-order chi connectivity index (χ0) is 42.5. The summed E-state index contributed by atoms with van der Waals surface area (Å²) in [6, 6.07) is 48.0. The molecule has 3 heteroatoms. The second-order valence-electron chi connectivity index (χ2n) is 19.1. The number of rotatable bonds is 5. The van der Waals surface area contributed by atoms with E-state index >= 15 is 0 Å². The minimum atomic E-state index is -0.161. The van der Waals surface area contributed by atoms with Crippen LogP contribution in [-0.4, -0.2) is 14.5 Å². The lowest BCUT2D eigenvalue weighted by molar-refractivity contribution is 0.484. The van der Waals surface area contributed by atoms with Gasteiger partial charge in [0.25, 0.3) is 0 Å². The van der Waals surface area contributed by atoms with Gasteiger partial charge in [-0.05, 0) is 130 Å². The smallest absolute Gasteiger partial charge is 0.0979 e. The molecule has 0 amide bonds. The summed E-state index contributed by atoms with van der Waals surface area (Å²) in [7, 11) is 0. The molecule has 0 radical (unpaired) electrons. The maximum absolute atomic E-state index is 5.33. The molecule has 3 unspecified atom stereocenters. The molecular weight excluding hydrogens is 775 g/mol. The highest BCUT2D eigenvalue weighted by Crippen LogP contribution is 2.51. The van der Waals surface area contributed by atoms with Crippen LogP contribution in [-0.2, 0) is 5.41 Å². The van der Waals surface area contributed by atoms with Crippen molar-refractivity contribution in [1.29, 1.82) is 0 Å². The van der Waals surface area contributed by atoms with Gasteiger partial charge in [0, 0.05) is 49.6 Å². The van der Waals surface area contributed by atoms with Gasteiger partial charge in [0.15, 0.2) is 0 Å². The van der Waals surface area contributed by atoms with Crippen molar-refractivity contribution in [3.05, 3.63) is 204 Å². The van der Waals surface area contributed by atoms with Crippen molar-refractivity contribution in [3.63, 3.8) is 0 Å². The van der Waals surface area contributed by atoms with Crippen LogP contribution in [0, 0.1) is 11.8 Å². The van der Waals surface area contributed by atoms with Crippen molar-refractivity contribution in [1.82, 2.24) is 14.5 Å². The maximum Gasteiger partial charge on any atom is 0.0979 e. The number of hydrogen-bond donors (Lipinski definition) is 0. The van der Waals surface area contributed by atoms with E-state index in [4.69, 9.17) is 9.97 Å². The molecule has 4 aliphatic carbocycles. The van der Waals surface area contributed by atoms with Crippen molar-refractivity contribution in [2.45, 2.75) is 57.4 Å². The topological polar surface area (TPSA) is 30.7 Å². The molecule has 0 saturated heterocycles. The number of aromatic nitrogens is 3. The minimum absolute atomic E-state index is 0.161. The molecule has 7 aromatic carbocycles. The Hall–Kier alpha value is -7.10. The van der Waals surface area contributed by atoms with E-state index in [1.165, 1.54) is 83.5 Å². The summed E-state index contributed by atoms with van der Waals surface area (Å²) in [4.78, 5) is 10.4. The van der Waals surface area contributed by atoms with Crippen LogP contribution < -0.4 is 0 Å². The Bertz CT molecular complexity index is 3550. The molecule has 0 N–H and O–H groups in total. The molecule has 0 saturated carbocycles. The Morgan fingerprint density at radius 3 is 2.03 bits per heavy atom. The van der Waals surface area contributed by atoms with E-state index in [2.05, 4.69) is 194 Å². The lowest BCUT2D eigenvalue weighted by Crippen LogP contribution is -2.16. The van der Waals surface area contributed by atoms with E-state index in [-0.39, 0.29) is 5.41 Å². The van der Waals surface area contributed by atoms with Crippen molar-refractivity contribution >= 4 is 65.5 Å². The average molecular weight is 824 g/mol. The normalized spacial score (nSPS) is 20.0. The predicted molar refractivity (Wildman–Crippen MR) is 269 cm³/mol. The summed E-state index contributed by atoms with van der Waals surface area (Å²) in [6.45, 7) is 4.76. The summed E-state index contributed by atoms with van der Waals surface area (Å²) >= 11 is 0. The molecular formula is C61H49N3. The van der Waals surface area contributed by atoms with Gasteiger partial charge in [0.05, 0.1) is 22.9 Å². The Labute approximate surface area is 374 Å². The zero-order valence-electron chi connectivity index (χ0n) is 36.4. The Kier molecular flexibility index (Phi) is 8.47. The van der Waals surface area contributed by atoms with Gasteiger partial charge in [0.2, 0.25) is 0 Å². The Morgan fingerprint density at radius 1 is 0.594 bits per heavy atom. The van der Waals surface area contributed by atoms with Gasteiger partial charge in [-0.3, -0.25) is 4.98 Å². The summed E-state index contributed by atoms with van der Waals surface area (Å²) < 4.78 is 2.62. The molecule has 0 spiro atoms. The van der Waals surface area contributed by atoms with Crippen LogP contribution in [0.1, 0.15) is 74.2 Å². The van der Waals surface area contributed by atoms with Crippen molar-refractivity contribution < 1.29 is 0 Å². The fourth-order valence-corrected chi connectivity index (χ4v) is 11.8. The fraction of sp³-hybridized carbons (Fsp3) is 0.180. The molecule has 9 aromatic rings. The number of allylic oxidation sites excluding steroid dienone is 10. The third-order valence-electron chi connectivity index (χ3n) is 15.2. The highest BCUT2D eigenvalue weighted by molar-refractivity contribution is 6.23. The van der Waals surface area contributed by atoms with Gasteiger partial charge in [-0.25, -0.2) is 4.98 Å². The summed E-state index contributed by atoms with van der Waals surface area (Å²) in [6.07, 6.45) is 26.7. The number of para-hydroxylation sites is 1. The van der Waals surface area contributed by atoms with Crippen LogP contribution in [0.3, 0.4) is 0 Å². The Morgan fingerprint density at radius 2 is 1.28 bits per heavy atom. The summed E-state index contributed by atoms with van der Waals surface area (Å²) in [5.41, 5.74) is 17.3. The zero-order valence-corrected chi connectivity index (χ0v) is 36.4.